The number of halogens is 3. The summed E-state index contributed by atoms with van der Waals surface area (Å²) in [4.78, 5) is 14.9. The molecule has 2 aliphatic rings. The van der Waals surface area contributed by atoms with Crippen LogP contribution in [-0.2, 0) is 4.79 Å². The maximum atomic E-state index is 13.2. The minimum absolute atomic E-state index is 0.00693. The molecule has 2 fully saturated rings. The molecule has 1 amide bonds. The number of hydrogen-bond donors (Lipinski definition) is 1. The largest absolute Gasteiger partial charge is 0.491 e. The lowest BCUT2D eigenvalue weighted by atomic mass is 9.68. The number of hydrogen-bond acceptors (Lipinski definition) is 4. The van der Waals surface area contributed by atoms with Crippen LogP contribution in [0.4, 0.5) is 18.9 Å². The number of ether oxygens (including phenoxy) is 2. The fourth-order valence-electron chi connectivity index (χ4n) is 4.49. The maximum absolute atomic E-state index is 13.2. The van der Waals surface area contributed by atoms with Gasteiger partial charge in [0.25, 0.3) is 0 Å². The highest BCUT2D eigenvalue weighted by atomic mass is 19.4. The van der Waals surface area contributed by atoms with Gasteiger partial charge >= 0.3 is 6.18 Å². The SMILES string of the molecule is O=C1N(c2ccc(OCC(F)(F)F)cc2)CCC12CCC(O)(COc1ccccc1)CC2. The van der Waals surface area contributed by atoms with E-state index in [1.54, 1.807) is 17.0 Å². The molecule has 0 unspecified atom stereocenters. The molecule has 5 nitrogen and oxygen atoms in total. The molecule has 8 heteroatoms. The first-order chi connectivity index (χ1) is 15.2. The molecule has 1 aliphatic carbocycles. The molecule has 0 atom stereocenters. The van der Waals surface area contributed by atoms with Crippen molar-refractivity contribution in [1.82, 2.24) is 0 Å². The van der Waals surface area contributed by atoms with E-state index in [1.807, 2.05) is 30.3 Å². The molecular formula is C24H26F3NO4. The Labute approximate surface area is 184 Å². The molecule has 1 spiro atoms. The zero-order valence-corrected chi connectivity index (χ0v) is 17.6. The Bertz CT molecular complexity index is 923. The Morgan fingerprint density at radius 3 is 2.12 bits per heavy atom. The predicted octanol–water partition coefficient (Wildman–Crippen LogP) is 4.73. The number of benzene rings is 2. The fraction of sp³-hybridized carbons (Fsp3) is 0.458. The Kier molecular flexibility index (Phi) is 6.07. The molecule has 32 heavy (non-hydrogen) atoms. The summed E-state index contributed by atoms with van der Waals surface area (Å²) in [5.41, 5.74) is -0.837. The van der Waals surface area contributed by atoms with Gasteiger partial charge in [-0.3, -0.25) is 4.79 Å². The van der Waals surface area contributed by atoms with Crippen molar-refractivity contribution >= 4 is 11.6 Å². The van der Waals surface area contributed by atoms with E-state index in [0.29, 0.717) is 50.1 Å². The highest BCUT2D eigenvalue weighted by Crippen LogP contribution is 2.48. The number of anilines is 1. The summed E-state index contributed by atoms with van der Waals surface area (Å²) in [6.45, 7) is -0.625. The van der Waals surface area contributed by atoms with Crippen molar-refractivity contribution in [3.63, 3.8) is 0 Å². The summed E-state index contributed by atoms with van der Waals surface area (Å²) in [5, 5.41) is 10.9. The van der Waals surface area contributed by atoms with Gasteiger partial charge in [-0.25, -0.2) is 0 Å². The smallest absolute Gasteiger partial charge is 0.422 e. The van der Waals surface area contributed by atoms with E-state index in [-0.39, 0.29) is 18.3 Å². The minimum atomic E-state index is -4.40. The normalized spacial score (nSPS) is 25.9. The van der Waals surface area contributed by atoms with E-state index < -0.39 is 23.8 Å². The molecule has 1 saturated carbocycles. The van der Waals surface area contributed by atoms with Crippen LogP contribution in [0.15, 0.2) is 54.6 Å². The summed E-state index contributed by atoms with van der Waals surface area (Å²) >= 11 is 0. The van der Waals surface area contributed by atoms with E-state index in [0.717, 1.165) is 0 Å². The van der Waals surface area contributed by atoms with Gasteiger partial charge in [-0.05, 0) is 68.5 Å². The Morgan fingerprint density at radius 2 is 1.50 bits per heavy atom. The van der Waals surface area contributed by atoms with Gasteiger partial charge in [0.05, 0.1) is 11.0 Å². The number of aliphatic hydroxyl groups is 1. The second-order valence-electron chi connectivity index (χ2n) is 8.71. The number of rotatable bonds is 6. The molecule has 0 bridgehead atoms. The lowest BCUT2D eigenvalue weighted by Crippen LogP contribution is -2.46. The average Bonchev–Trinajstić information content (AvgIpc) is 3.10. The highest BCUT2D eigenvalue weighted by Gasteiger charge is 2.51. The van der Waals surface area contributed by atoms with Crippen molar-refractivity contribution in [3.05, 3.63) is 54.6 Å². The van der Waals surface area contributed by atoms with Crippen LogP contribution in [0, 0.1) is 5.41 Å². The first-order valence-electron chi connectivity index (χ1n) is 10.7. The van der Waals surface area contributed by atoms with Gasteiger partial charge in [-0.1, -0.05) is 18.2 Å². The number of para-hydroxylation sites is 1. The average molecular weight is 449 g/mol. The molecule has 1 heterocycles. The van der Waals surface area contributed by atoms with Gasteiger partial charge in [-0.15, -0.1) is 0 Å². The van der Waals surface area contributed by atoms with E-state index in [9.17, 15) is 23.1 Å². The zero-order valence-electron chi connectivity index (χ0n) is 17.6. The van der Waals surface area contributed by atoms with E-state index in [1.165, 1.54) is 12.1 Å². The van der Waals surface area contributed by atoms with Crippen LogP contribution in [0.5, 0.6) is 11.5 Å². The van der Waals surface area contributed by atoms with Crippen LogP contribution >= 0.6 is 0 Å². The number of carbonyl (C=O) groups is 1. The first kappa shape index (κ1) is 22.5. The lowest BCUT2D eigenvalue weighted by molar-refractivity contribution is -0.153. The maximum Gasteiger partial charge on any atom is 0.422 e. The van der Waals surface area contributed by atoms with Crippen LogP contribution in [0.3, 0.4) is 0 Å². The summed E-state index contributed by atoms with van der Waals surface area (Å²) in [6, 6.07) is 15.4. The van der Waals surface area contributed by atoms with Crippen molar-refractivity contribution < 1.29 is 32.5 Å². The zero-order chi connectivity index (χ0) is 22.8. The topological polar surface area (TPSA) is 59.0 Å². The molecule has 1 saturated heterocycles. The van der Waals surface area contributed by atoms with E-state index in [4.69, 9.17) is 9.47 Å². The van der Waals surface area contributed by atoms with Crippen molar-refractivity contribution in [2.45, 2.75) is 43.9 Å². The third-order valence-electron chi connectivity index (χ3n) is 6.45. The van der Waals surface area contributed by atoms with Crippen LogP contribution in [0.1, 0.15) is 32.1 Å². The van der Waals surface area contributed by atoms with Gasteiger partial charge in [0.15, 0.2) is 6.61 Å². The monoisotopic (exact) mass is 449 g/mol. The Morgan fingerprint density at radius 1 is 0.875 bits per heavy atom. The second-order valence-corrected chi connectivity index (χ2v) is 8.71. The summed E-state index contributed by atoms with van der Waals surface area (Å²) in [5.74, 6) is 0.813. The van der Waals surface area contributed by atoms with Gasteiger partial charge in [0, 0.05) is 12.2 Å². The quantitative estimate of drug-likeness (QED) is 0.693. The molecule has 172 valence electrons. The van der Waals surface area contributed by atoms with Crippen molar-refractivity contribution in [2.24, 2.45) is 5.41 Å². The second kappa shape index (κ2) is 8.65. The number of alkyl halides is 3. The molecule has 1 aliphatic heterocycles. The summed E-state index contributed by atoms with van der Waals surface area (Å²) in [6.07, 6.45) is -1.61. The molecule has 0 aromatic heterocycles. The number of carbonyl (C=O) groups excluding carboxylic acids is 1. The fourth-order valence-corrected chi connectivity index (χ4v) is 4.49. The van der Waals surface area contributed by atoms with Crippen molar-refractivity contribution in [2.75, 3.05) is 24.7 Å². The standard InChI is InChI=1S/C24H26F3NO4/c25-24(26,27)17-32-20-8-6-18(7-9-20)28-15-14-22(21(28)29)10-12-23(30,13-11-22)16-31-19-4-2-1-3-5-19/h1-9,30H,10-17H2. The van der Waals surface area contributed by atoms with Gasteiger partial charge in [0.2, 0.25) is 5.91 Å². The Hall–Kier alpha value is -2.74. The number of nitrogens with zero attached hydrogens (tertiary/aromatic N) is 1. The molecule has 2 aromatic rings. The molecule has 4 rings (SSSR count). The van der Waals surface area contributed by atoms with Crippen LogP contribution in [-0.4, -0.2) is 42.5 Å². The molecule has 0 radical (unpaired) electrons. The van der Waals surface area contributed by atoms with Gasteiger partial charge in [0.1, 0.15) is 18.1 Å². The van der Waals surface area contributed by atoms with Crippen molar-refractivity contribution in [3.8, 4) is 11.5 Å². The van der Waals surface area contributed by atoms with Crippen LogP contribution < -0.4 is 14.4 Å². The van der Waals surface area contributed by atoms with Crippen molar-refractivity contribution in [1.29, 1.82) is 0 Å². The van der Waals surface area contributed by atoms with Crippen LogP contribution in [0.2, 0.25) is 0 Å². The van der Waals surface area contributed by atoms with Crippen LogP contribution in [0.25, 0.3) is 0 Å². The van der Waals surface area contributed by atoms with E-state index in [2.05, 4.69) is 0 Å². The summed E-state index contributed by atoms with van der Waals surface area (Å²) in [7, 11) is 0. The molecular weight excluding hydrogens is 423 g/mol. The van der Waals surface area contributed by atoms with Gasteiger partial charge in [-0.2, -0.15) is 13.2 Å². The van der Waals surface area contributed by atoms with E-state index >= 15 is 0 Å². The first-order valence-corrected chi connectivity index (χ1v) is 10.7. The third kappa shape index (κ3) is 5.01. The number of amides is 1. The third-order valence-corrected chi connectivity index (χ3v) is 6.45. The molecule has 1 N–H and O–H groups in total. The lowest BCUT2D eigenvalue weighted by Gasteiger charge is -2.40. The van der Waals surface area contributed by atoms with Gasteiger partial charge < -0.3 is 19.5 Å². The Balaban J connectivity index is 1.34. The minimum Gasteiger partial charge on any atom is -0.491 e. The molecule has 2 aromatic carbocycles. The highest BCUT2D eigenvalue weighted by molar-refractivity contribution is 6.00. The summed E-state index contributed by atoms with van der Waals surface area (Å²) < 4.78 is 47.4. The predicted molar refractivity (Wildman–Crippen MR) is 113 cm³/mol.